The molecule has 3 N–H and O–H groups in total. The summed E-state index contributed by atoms with van der Waals surface area (Å²) < 4.78 is 0. The van der Waals surface area contributed by atoms with Crippen LogP contribution in [0.5, 0.6) is 0 Å². The Hall–Kier alpha value is -1.62. The minimum absolute atomic E-state index is 0.104. The first-order chi connectivity index (χ1) is 9.00. The molecule has 1 atom stereocenters. The second-order valence-corrected chi connectivity index (χ2v) is 5.45. The van der Waals surface area contributed by atoms with Crippen molar-refractivity contribution in [1.29, 1.82) is 5.41 Å². The van der Waals surface area contributed by atoms with Gasteiger partial charge in [0.2, 0.25) is 0 Å². The van der Waals surface area contributed by atoms with E-state index >= 15 is 0 Å². The molecule has 2 heterocycles. The first kappa shape index (κ1) is 13.8. The van der Waals surface area contributed by atoms with Gasteiger partial charge in [-0.2, -0.15) is 0 Å². The number of nitrogens with one attached hydrogen (secondary N) is 1. The number of rotatable bonds is 3. The second-order valence-electron chi connectivity index (χ2n) is 5.45. The summed E-state index contributed by atoms with van der Waals surface area (Å²) in [7, 11) is 4.23. The molecule has 2 rings (SSSR count). The van der Waals surface area contributed by atoms with Crippen LogP contribution in [-0.4, -0.2) is 48.9 Å². The Bertz CT molecular complexity index is 469. The van der Waals surface area contributed by atoms with Gasteiger partial charge in [0.05, 0.1) is 5.56 Å². The normalized spacial score (nSPS) is 19.8. The first-order valence-corrected chi connectivity index (χ1v) is 6.72. The molecule has 0 aliphatic carbocycles. The second kappa shape index (κ2) is 5.57. The summed E-state index contributed by atoms with van der Waals surface area (Å²) in [5, 5.41) is 7.77. The molecule has 0 radical (unpaired) electrons. The highest BCUT2D eigenvalue weighted by atomic mass is 15.2. The van der Waals surface area contributed by atoms with Crippen LogP contribution in [0.4, 0.5) is 5.82 Å². The average molecular weight is 261 g/mol. The predicted octanol–water partition coefficient (Wildman–Crippen LogP) is 1.20. The number of piperidine rings is 1. The maximum Gasteiger partial charge on any atom is 0.139 e. The van der Waals surface area contributed by atoms with Crippen molar-refractivity contribution >= 4 is 11.7 Å². The molecule has 1 aliphatic heterocycles. The molecule has 0 bridgehead atoms. The number of nitrogens with zero attached hydrogens (tertiary/aromatic N) is 3. The average Bonchev–Trinajstić information content (AvgIpc) is 2.38. The number of hydrogen-bond acceptors (Lipinski definition) is 4. The van der Waals surface area contributed by atoms with Crippen molar-refractivity contribution in [2.24, 2.45) is 5.73 Å². The highest BCUT2D eigenvalue weighted by Gasteiger charge is 2.25. The number of amidine groups is 1. The van der Waals surface area contributed by atoms with E-state index in [-0.39, 0.29) is 5.84 Å². The SMILES string of the molecule is Cc1ccnc(N2CCCC(N(C)C)C2)c1C(=N)N. The van der Waals surface area contributed by atoms with Crippen molar-refractivity contribution in [2.75, 3.05) is 32.1 Å². The lowest BCUT2D eigenvalue weighted by Crippen LogP contribution is -2.46. The summed E-state index contributed by atoms with van der Waals surface area (Å²) in [6.07, 6.45) is 4.16. The van der Waals surface area contributed by atoms with E-state index < -0.39 is 0 Å². The zero-order chi connectivity index (χ0) is 14.0. The van der Waals surface area contributed by atoms with E-state index in [9.17, 15) is 0 Å². The third-order valence-corrected chi connectivity index (χ3v) is 3.83. The Balaban J connectivity index is 2.31. The number of aromatic nitrogens is 1. The Kier molecular flexibility index (Phi) is 4.04. The Morgan fingerprint density at radius 2 is 2.26 bits per heavy atom. The zero-order valence-corrected chi connectivity index (χ0v) is 12.0. The van der Waals surface area contributed by atoms with Gasteiger partial charge in [0.25, 0.3) is 0 Å². The molecule has 1 aromatic heterocycles. The lowest BCUT2D eigenvalue weighted by Gasteiger charge is -2.37. The van der Waals surface area contributed by atoms with Gasteiger partial charge in [-0.15, -0.1) is 0 Å². The van der Waals surface area contributed by atoms with Gasteiger partial charge in [0.15, 0.2) is 0 Å². The highest BCUT2D eigenvalue weighted by molar-refractivity contribution is 6.01. The Morgan fingerprint density at radius 3 is 2.89 bits per heavy atom. The maximum atomic E-state index is 7.77. The molecule has 19 heavy (non-hydrogen) atoms. The van der Waals surface area contributed by atoms with Gasteiger partial charge in [-0.05, 0) is 45.5 Å². The predicted molar refractivity (Wildman–Crippen MR) is 78.9 cm³/mol. The van der Waals surface area contributed by atoms with E-state index in [4.69, 9.17) is 11.1 Å². The number of likely N-dealkylation sites (N-methyl/N-ethyl adjacent to an activating group) is 1. The van der Waals surface area contributed by atoms with Crippen LogP contribution in [0.1, 0.15) is 24.0 Å². The smallest absolute Gasteiger partial charge is 0.139 e. The molecule has 1 aliphatic rings. The summed E-state index contributed by atoms with van der Waals surface area (Å²) in [5.74, 6) is 0.964. The van der Waals surface area contributed by atoms with Crippen LogP contribution in [0.3, 0.4) is 0 Å². The molecule has 0 amide bonds. The summed E-state index contributed by atoms with van der Waals surface area (Å²) in [4.78, 5) is 8.99. The number of anilines is 1. The molecule has 5 heteroatoms. The van der Waals surface area contributed by atoms with Gasteiger partial charge in [-0.3, -0.25) is 5.41 Å². The maximum absolute atomic E-state index is 7.77. The van der Waals surface area contributed by atoms with E-state index in [1.54, 1.807) is 6.20 Å². The molecule has 0 saturated carbocycles. The van der Waals surface area contributed by atoms with E-state index in [0.717, 1.165) is 36.5 Å². The molecule has 0 aromatic carbocycles. The molecule has 1 unspecified atom stereocenters. The van der Waals surface area contributed by atoms with Gasteiger partial charge >= 0.3 is 0 Å². The van der Waals surface area contributed by atoms with Crippen molar-refractivity contribution in [3.8, 4) is 0 Å². The summed E-state index contributed by atoms with van der Waals surface area (Å²) in [6, 6.07) is 2.45. The van der Waals surface area contributed by atoms with Crippen LogP contribution in [0.2, 0.25) is 0 Å². The largest absolute Gasteiger partial charge is 0.384 e. The third-order valence-electron chi connectivity index (χ3n) is 3.83. The molecular weight excluding hydrogens is 238 g/mol. The van der Waals surface area contributed by atoms with Crippen LogP contribution in [-0.2, 0) is 0 Å². The number of nitrogens with two attached hydrogens (primary N) is 1. The lowest BCUT2D eigenvalue weighted by atomic mass is 10.0. The van der Waals surface area contributed by atoms with E-state index in [1.807, 2.05) is 13.0 Å². The number of nitrogen functional groups attached to an aromatic ring is 1. The molecular formula is C14H23N5. The van der Waals surface area contributed by atoms with Crippen molar-refractivity contribution < 1.29 is 0 Å². The van der Waals surface area contributed by atoms with E-state index in [2.05, 4.69) is 28.9 Å². The minimum Gasteiger partial charge on any atom is -0.384 e. The Labute approximate surface area is 114 Å². The highest BCUT2D eigenvalue weighted by Crippen LogP contribution is 2.24. The van der Waals surface area contributed by atoms with Gasteiger partial charge in [-0.1, -0.05) is 0 Å². The van der Waals surface area contributed by atoms with Crippen LogP contribution in [0.25, 0.3) is 0 Å². The van der Waals surface area contributed by atoms with Crippen molar-refractivity contribution in [2.45, 2.75) is 25.8 Å². The molecule has 1 saturated heterocycles. The van der Waals surface area contributed by atoms with Gasteiger partial charge < -0.3 is 15.5 Å². The Morgan fingerprint density at radius 1 is 1.53 bits per heavy atom. The lowest BCUT2D eigenvalue weighted by molar-refractivity contribution is 0.257. The standard InChI is InChI=1S/C14H23N5/c1-10-6-7-17-14(12(10)13(15)16)19-8-4-5-11(9-19)18(2)3/h6-7,11H,4-5,8-9H2,1-3H3,(H3,15,16). The fraction of sp³-hybridized carbons (Fsp3) is 0.571. The van der Waals surface area contributed by atoms with E-state index in [1.165, 1.54) is 6.42 Å². The molecule has 0 spiro atoms. The topological polar surface area (TPSA) is 69.2 Å². The fourth-order valence-corrected chi connectivity index (χ4v) is 2.69. The van der Waals surface area contributed by atoms with Crippen LogP contribution in [0, 0.1) is 12.3 Å². The summed E-state index contributed by atoms with van der Waals surface area (Å²) in [6.45, 7) is 3.92. The first-order valence-electron chi connectivity index (χ1n) is 6.72. The molecule has 104 valence electrons. The molecule has 5 nitrogen and oxygen atoms in total. The number of pyridine rings is 1. The number of aryl methyl sites for hydroxylation is 1. The van der Waals surface area contributed by atoms with Crippen LogP contribution in [0.15, 0.2) is 12.3 Å². The van der Waals surface area contributed by atoms with E-state index in [0.29, 0.717) is 6.04 Å². The zero-order valence-electron chi connectivity index (χ0n) is 12.0. The van der Waals surface area contributed by atoms with Crippen molar-refractivity contribution in [3.05, 3.63) is 23.4 Å². The van der Waals surface area contributed by atoms with Gasteiger partial charge in [0, 0.05) is 25.3 Å². The van der Waals surface area contributed by atoms with Crippen molar-refractivity contribution in [1.82, 2.24) is 9.88 Å². The molecule has 1 aromatic rings. The van der Waals surface area contributed by atoms with Gasteiger partial charge in [0.1, 0.15) is 11.7 Å². The quantitative estimate of drug-likeness (QED) is 0.634. The minimum atomic E-state index is 0.104. The summed E-state index contributed by atoms with van der Waals surface area (Å²) in [5.41, 5.74) is 7.52. The number of hydrogen-bond donors (Lipinski definition) is 2. The van der Waals surface area contributed by atoms with Gasteiger partial charge in [-0.25, -0.2) is 4.98 Å². The fourth-order valence-electron chi connectivity index (χ4n) is 2.69. The van der Waals surface area contributed by atoms with Crippen molar-refractivity contribution in [3.63, 3.8) is 0 Å². The van der Waals surface area contributed by atoms with Crippen LogP contribution >= 0.6 is 0 Å². The van der Waals surface area contributed by atoms with Crippen LogP contribution < -0.4 is 10.6 Å². The molecule has 1 fully saturated rings. The third kappa shape index (κ3) is 2.87. The monoisotopic (exact) mass is 261 g/mol. The summed E-state index contributed by atoms with van der Waals surface area (Å²) >= 11 is 0.